The fraction of sp³-hybridized carbons (Fsp3) is 0.143. The van der Waals surface area contributed by atoms with Crippen LogP contribution < -0.4 is 10.6 Å². The first-order chi connectivity index (χ1) is 10.1. The molecular formula is C14H13BrN2O3S. The van der Waals surface area contributed by atoms with Crippen molar-refractivity contribution in [3.05, 3.63) is 46.8 Å². The molecule has 0 saturated heterocycles. The third kappa shape index (κ3) is 4.64. The standard InChI is InChI=1S/C14H13BrN2O3S/c1-21-10-4-2-3-9(7-10)17-13(18)8-16-14(19)11-5-6-12(15)20-11/h2-7H,8H2,1H3,(H,16,19)(H,17,18). The van der Waals surface area contributed by atoms with E-state index < -0.39 is 5.91 Å². The van der Waals surface area contributed by atoms with Crippen molar-refractivity contribution in [1.29, 1.82) is 0 Å². The number of thioether (sulfide) groups is 1. The van der Waals surface area contributed by atoms with Crippen LogP contribution in [0, 0.1) is 0 Å². The molecule has 0 unspecified atom stereocenters. The SMILES string of the molecule is CSc1cccc(NC(=O)CNC(=O)c2ccc(Br)o2)c1. The van der Waals surface area contributed by atoms with Crippen molar-refractivity contribution < 1.29 is 14.0 Å². The largest absolute Gasteiger partial charge is 0.444 e. The van der Waals surface area contributed by atoms with Crippen LogP contribution in [0.5, 0.6) is 0 Å². The summed E-state index contributed by atoms with van der Waals surface area (Å²) in [4.78, 5) is 24.5. The number of rotatable bonds is 5. The Balaban J connectivity index is 1.85. The highest BCUT2D eigenvalue weighted by Crippen LogP contribution is 2.18. The Labute approximate surface area is 134 Å². The summed E-state index contributed by atoms with van der Waals surface area (Å²) in [5.74, 6) is -0.583. The molecule has 2 amide bonds. The molecule has 0 aliphatic heterocycles. The minimum absolute atomic E-state index is 0.124. The van der Waals surface area contributed by atoms with E-state index in [1.54, 1.807) is 23.9 Å². The second-order valence-electron chi connectivity index (χ2n) is 4.07. The maximum atomic E-state index is 11.8. The summed E-state index contributed by atoms with van der Waals surface area (Å²) in [5, 5.41) is 5.21. The van der Waals surface area contributed by atoms with E-state index in [-0.39, 0.29) is 18.2 Å². The summed E-state index contributed by atoms with van der Waals surface area (Å²) < 4.78 is 5.56. The molecule has 0 spiro atoms. The van der Waals surface area contributed by atoms with E-state index >= 15 is 0 Å². The van der Waals surface area contributed by atoms with Crippen LogP contribution in [0.2, 0.25) is 0 Å². The number of anilines is 1. The molecule has 1 aromatic carbocycles. The second-order valence-corrected chi connectivity index (χ2v) is 5.73. The van der Waals surface area contributed by atoms with Gasteiger partial charge in [-0.3, -0.25) is 9.59 Å². The number of hydrogen-bond acceptors (Lipinski definition) is 4. The van der Waals surface area contributed by atoms with Crippen molar-refractivity contribution in [2.24, 2.45) is 0 Å². The van der Waals surface area contributed by atoms with Gasteiger partial charge in [0, 0.05) is 10.6 Å². The van der Waals surface area contributed by atoms with Gasteiger partial charge in [0.15, 0.2) is 10.4 Å². The van der Waals surface area contributed by atoms with Crippen LogP contribution in [0.4, 0.5) is 5.69 Å². The van der Waals surface area contributed by atoms with Crippen LogP contribution in [-0.4, -0.2) is 24.6 Å². The van der Waals surface area contributed by atoms with Gasteiger partial charge < -0.3 is 15.1 Å². The average molecular weight is 369 g/mol. The van der Waals surface area contributed by atoms with Crippen molar-refractivity contribution >= 4 is 45.2 Å². The number of carbonyl (C=O) groups is 2. The van der Waals surface area contributed by atoms with E-state index in [0.29, 0.717) is 10.4 Å². The first kappa shape index (κ1) is 15.7. The molecule has 2 N–H and O–H groups in total. The molecule has 21 heavy (non-hydrogen) atoms. The van der Waals surface area contributed by atoms with Crippen LogP contribution in [-0.2, 0) is 4.79 Å². The van der Waals surface area contributed by atoms with Crippen LogP contribution in [0.3, 0.4) is 0 Å². The van der Waals surface area contributed by atoms with Crippen LogP contribution in [0.15, 0.2) is 50.4 Å². The van der Waals surface area contributed by atoms with Crippen molar-refractivity contribution in [1.82, 2.24) is 5.32 Å². The quantitative estimate of drug-likeness (QED) is 0.795. The van der Waals surface area contributed by atoms with Gasteiger partial charge in [0.2, 0.25) is 5.91 Å². The molecule has 110 valence electrons. The average Bonchev–Trinajstić information content (AvgIpc) is 2.91. The highest BCUT2D eigenvalue weighted by atomic mass is 79.9. The Kier molecular flexibility index (Phi) is 5.46. The molecule has 2 rings (SSSR count). The molecule has 5 nitrogen and oxygen atoms in total. The maximum absolute atomic E-state index is 11.8. The number of halogens is 1. The van der Waals surface area contributed by atoms with Crippen molar-refractivity contribution in [2.45, 2.75) is 4.90 Å². The van der Waals surface area contributed by atoms with Gasteiger partial charge in [0.05, 0.1) is 6.54 Å². The summed E-state index contributed by atoms with van der Waals surface area (Å²) in [5.41, 5.74) is 0.696. The van der Waals surface area contributed by atoms with E-state index in [1.807, 2.05) is 24.5 Å². The molecule has 0 radical (unpaired) electrons. The summed E-state index contributed by atoms with van der Waals surface area (Å²) in [6.45, 7) is -0.124. The lowest BCUT2D eigenvalue weighted by molar-refractivity contribution is -0.115. The highest BCUT2D eigenvalue weighted by molar-refractivity contribution is 9.10. The Hall–Kier alpha value is -1.73. The molecule has 0 saturated carbocycles. The van der Waals surface area contributed by atoms with Gasteiger partial charge in [-0.1, -0.05) is 6.07 Å². The first-order valence-corrected chi connectivity index (χ1v) is 8.07. The number of benzene rings is 1. The highest BCUT2D eigenvalue weighted by Gasteiger charge is 2.11. The summed E-state index contributed by atoms with van der Waals surface area (Å²) in [7, 11) is 0. The number of nitrogens with one attached hydrogen (secondary N) is 2. The molecule has 0 aliphatic rings. The Morgan fingerprint density at radius 3 is 2.76 bits per heavy atom. The van der Waals surface area contributed by atoms with Crippen molar-refractivity contribution in [3.8, 4) is 0 Å². The lowest BCUT2D eigenvalue weighted by Crippen LogP contribution is -2.32. The van der Waals surface area contributed by atoms with Crippen molar-refractivity contribution in [2.75, 3.05) is 18.1 Å². The Morgan fingerprint density at radius 2 is 2.10 bits per heavy atom. The van der Waals surface area contributed by atoms with E-state index in [2.05, 4.69) is 26.6 Å². The Bertz CT molecular complexity index is 657. The lowest BCUT2D eigenvalue weighted by atomic mass is 10.3. The third-order valence-electron chi connectivity index (χ3n) is 2.56. The van der Waals surface area contributed by atoms with Gasteiger partial charge in [0.1, 0.15) is 0 Å². The van der Waals surface area contributed by atoms with Crippen LogP contribution >= 0.6 is 27.7 Å². The topological polar surface area (TPSA) is 71.3 Å². The zero-order chi connectivity index (χ0) is 15.2. The molecule has 0 bridgehead atoms. The molecule has 2 aromatic rings. The minimum Gasteiger partial charge on any atom is -0.444 e. The van der Waals surface area contributed by atoms with Crippen LogP contribution in [0.1, 0.15) is 10.6 Å². The number of amides is 2. The zero-order valence-corrected chi connectivity index (χ0v) is 13.6. The molecule has 0 atom stereocenters. The van der Waals surface area contributed by atoms with Gasteiger partial charge >= 0.3 is 0 Å². The van der Waals surface area contributed by atoms with Gasteiger partial charge in [-0.25, -0.2) is 0 Å². The van der Waals surface area contributed by atoms with E-state index in [1.165, 1.54) is 6.07 Å². The van der Waals surface area contributed by atoms with Crippen LogP contribution in [0.25, 0.3) is 0 Å². The summed E-state index contributed by atoms with van der Waals surface area (Å²) >= 11 is 4.70. The van der Waals surface area contributed by atoms with E-state index in [9.17, 15) is 9.59 Å². The minimum atomic E-state index is -0.436. The van der Waals surface area contributed by atoms with Gasteiger partial charge in [-0.15, -0.1) is 11.8 Å². The number of furan rings is 1. The number of hydrogen-bond donors (Lipinski definition) is 2. The van der Waals surface area contributed by atoms with E-state index in [4.69, 9.17) is 4.42 Å². The zero-order valence-electron chi connectivity index (χ0n) is 11.2. The molecule has 1 heterocycles. The van der Waals surface area contributed by atoms with Crippen molar-refractivity contribution in [3.63, 3.8) is 0 Å². The third-order valence-corrected chi connectivity index (χ3v) is 3.71. The second kappa shape index (κ2) is 7.33. The number of carbonyl (C=O) groups excluding carboxylic acids is 2. The predicted molar refractivity (Wildman–Crippen MR) is 85.6 cm³/mol. The van der Waals surface area contributed by atoms with E-state index in [0.717, 1.165) is 4.90 Å². The molecule has 7 heteroatoms. The summed E-state index contributed by atoms with van der Waals surface area (Å²) in [6, 6.07) is 10.6. The van der Waals surface area contributed by atoms with Gasteiger partial charge in [-0.05, 0) is 52.5 Å². The molecule has 0 aliphatic carbocycles. The fourth-order valence-electron chi connectivity index (χ4n) is 1.59. The smallest absolute Gasteiger partial charge is 0.287 e. The molecule has 1 aromatic heterocycles. The maximum Gasteiger partial charge on any atom is 0.287 e. The Morgan fingerprint density at radius 1 is 1.29 bits per heavy atom. The van der Waals surface area contributed by atoms with Gasteiger partial charge in [-0.2, -0.15) is 0 Å². The monoisotopic (exact) mass is 368 g/mol. The lowest BCUT2D eigenvalue weighted by Gasteiger charge is -2.07. The summed E-state index contributed by atoms with van der Waals surface area (Å²) in [6.07, 6.45) is 1.96. The predicted octanol–water partition coefficient (Wildman–Crippen LogP) is 3.13. The molecular weight excluding hydrogens is 356 g/mol. The normalized spacial score (nSPS) is 10.2. The van der Waals surface area contributed by atoms with Gasteiger partial charge in [0.25, 0.3) is 5.91 Å². The first-order valence-electron chi connectivity index (χ1n) is 6.06. The molecule has 0 fully saturated rings. The fourth-order valence-corrected chi connectivity index (χ4v) is 2.36.